The van der Waals surface area contributed by atoms with Crippen molar-refractivity contribution >= 4 is 29.3 Å². The van der Waals surface area contributed by atoms with Gasteiger partial charge >= 0.3 is 88.4 Å². The van der Waals surface area contributed by atoms with Crippen molar-refractivity contribution in [3.8, 4) is 0 Å². The van der Waals surface area contributed by atoms with Gasteiger partial charge in [-0.05, 0) is 0 Å². The number of hydrogen-bond donors (Lipinski definition) is 12. The average molecular weight is 475 g/mol. The van der Waals surface area contributed by atoms with Gasteiger partial charge < -0.3 is 118 Å². The summed E-state index contributed by atoms with van der Waals surface area (Å²) in [6.07, 6.45) is 0. The van der Waals surface area contributed by atoms with Gasteiger partial charge in [-0.1, -0.05) is 0 Å². The molecule has 0 saturated carbocycles. The van der Waals surface area contributed by atoms with Gasteiger partial charge in [0.25, 0.3) is 0 Å². The molecule has 0 radical (unpaired) electrons. The molecule has 0 spiro atoms. The maximum absolute atomic E-state index is 7.17. The predicted molar refractivity (Wildman–Crippen MR) is 88.0 cm³/mol. The molecule has 32 N–H and O–H groups in total. The fourth-order valence-electron chi connectivity index (χ4n) is 0. The van der Waals surface area contributed by atoms with Gasteiger partial charge in [0.15, 0.2) is 0 Å². The van der Waals surface area contributed by atoms with Gasteiger partial charge in [0, 0.05) is 0 Å². The molecule has 0 aromatic carbocycles. The van der Waals surface area contributed by atoms with Crippen LogP contribution in [0.3, 0.4) is 0 Å². The summed E-state index contributed by atoms with van der Waals surface area (Å²) >= 11 is 0. The van der Waals surface area contributed by atoms with Crippen LogP contribution in [0.4, 0.5) is 0 Å². The van der Waals surface area contributed by atoms with E-state index in [-0.39, 0.29) is 117 Å². The van der Waals surface area contributed by atoms with Crippen molar-refractivity contribution in [1.29, 1.82) is 0 Å². The molecule has 0 saturated heterocycles. The summed E-state index contributed by atoms with van der Waals surface area (Å²) < 4.78 is 0. The largest absolute Gasteiger partial charge is 1.00 e. The molecule has 0 aromatic heterocycles. The fourth-order valence-corrected chi connectivity index (χ4v) is 0. The summed E-state index contributed by atoms with van der Waals surface area (Å²) in [7, 11) is -8.67. The van der Waals surface area contributed by atoms with E-state index in [0.29, 0.717) is 0 Å². The van der Waals surface area contributed by atoms with Crippen molar-refractivity contribution in [2.24, 2.45) is 0 Å². The van der Waals surface area contributed by atoms with Crippen LogP contribution in [0.1, 0.15) is 2.85 Å². The monoisotopic (exact) mass is 476 g/mol. The first-order valence-corrected chi connectivity index (χ1v) is 3.10. The Kier molecular flexibility index (Phi) is 561. The Hall–Kier alpha value is 1.38. The van der Waals surface area contributed by atoms with Crippen molar-refractivity contribution in [2.75, 3.05) is 0 Å². The summed E-state index contributed by atoms with van der Waals surface area (Å²) in [5, 5.41) is 86.0. The maximum Gasteiger partial charge on any atom is 1.00 e. The first-order valence-electron chi connectivity index (χ1n) is 3.10. The Bertz CT molecular complexity index is 80.1. The van der Waals surface area contributed by atoms with Crippen molar-refractivity contribution < 1.29 is 177 Å². The fraction of sp³-hybridized carbons (Fsp3) is 0. The molecule has 0 amide bonds. The molecule has 0 aliphatic rings. The SMILES string of the molecule is O.O.O.O.O.O.O.O.O.O.OB(O)O.OB(O)O.OB(O)O.OB(O)O.[H-].[H-].[Na+].[Na+]. The van der Waals surface area contributed by atoms with Crippen LogP contribution in [0, 0.1) is 0 Å². The second-order valence-electron chi connectivity index (χ2n) is 1.39. The van der Waals surface area contributed by atoms with Gasteiger partial charge in [-0.25, -0.2) is 0 Å². The van der Waals surface area contributed by atoms with Crippen molar-refractivity contribution in [1.82, 2.24) is 0 Å². The molecule has 0 rings (SSSR count). The van der Waals surface area contributed by atoms with E-state index in [2.05, 4.69) is 0 Å². The second-order valence-corrected chi connectivity index (χ2v) is 1.39. The molecule has 28 heavy (non-hydrogen) atoms. The van der Waals surface area contributed by atoms with Crippen LogP contribution in [0.5, 0.6) is 0 Å². The van der Waals surface area contributed by atoms with E-state index >= 15 is 0 Å². The Morgan fingerprint density at radius 1 is 0.250 bits per heavy atom. The summed E-state index contributed by atoms with van der Waals surface area (Å²) in [6, 6.07) is 0. The van der Waals surface area contributed by atoms with Crippen molar-refractivity contribution in [3.05, 3.63) is 0 Å². The van der Waals surface area contributed by atoms with Crippen LogP contribution in [-0.4, -0.2) is 144 Å². The zero-order valence-corrected chi connectivity index (χ0v) is 18.7. The first kappa shape index (κ1) is 132. The zero-order valence-electron chi connectivity index (χ0n) is 16.7. The van der Waals surface area contributed by atoms with Gasteiger partial charge in [-0.15, -0.1) is 0 Å². The van der Waals surface area contributed by atoms with E-state index in [9.17, 15) is 0 Å². The molecule has 0 bridgehead atoms. The minimum absolute atomic E-state index is 0. The van der Waals surface area contributed by atoms with Gasteiger partial charge in [-0.3, -0.25) is 0 Å². The number of hydrogen-bond acceptors (Lipinski definition) is 12. The first-order chi connectivity index (χ1) is 6.93. The molecule has 22 nitrogen and oxygen atoms in total. The Morgan fingerprint density at radius 3 is 0.250 bits per heavy atom. The Balaban J connectivity index is -0.00000000346. The quantitative estimate of drug-likeness (QED) is 0.145. The normalized spacial score (nSPS) is 3.86. The van der Waals surface area contributed by atoms with Gasteiger partial charge in [0.2, 0.25) is 0 Å². The minimum atomic E-state index is -2.17. The van der Waals surface area contributed by atoms with Crippen LogP contribution < -0.4 is 59.1 Å². The van der Waals surface area contributed by atoms with E-state index in [1.54, 1.807) is 0 Å². The third-order valence-corrected chi connectivity index (χ3v) is 0. The van der Waals surface area contributed by atoms with E-state index in [0.717, 1.165) is 0 Å². The molecule has 0 atom stereocenters. The van der Waals surface area contributed by atoms with Crippen LogP contribution in [0.15, 0.2) is 0 Å². The Morgan fingerprint density at radius 2 is 0.250 bits per heavy atom. The van der Waals surface area contributed by atoms with E-state index in [1.807, 2.05) is 0 Å². The Labute approximate surface area is 205 Å². The molecular formula is H34B4Na2O22. The van der Waals surface area contributed by atoms with E-state index in [4.69, 9.17) is 60.3 Å². The van der Waals surface area contributed by atoms with Crippen LogP contribution in [0.2, 0.25) is 0 Å². The third-order valence-electron chi connectivity index (χ3n) is 0. The van der Waals surface area contributed by atoms with Crippen molar-refractivity contribution in [2.45, 2.75) is 0 Å². The van der Waals surface area contributed by atoms with E-state index < -0.39 is 29.3 Å². The van der Waals surface area contributed by atoms with Crippen molar-refractivity contribution in [3.63, 3.8) is 0 Å². The van der Waals surface area contributed by atoms with Crippen LogP contribution >= 0.6 is 0 Å². The maximum atomic E-state index is 7.17. The minimum Gasteiger partial charge on any atom is -1.00 e. The van der Waals surface area contributed by atoms with Gasteiger partial charge in [-0.2, -0.15) is 0 Å². The van der Waals surface area contributed by atoms with E-state index in [1.165, 1.54) is 0 Å². The zero-order chi connectivity index (χ0) is 14.3. The van der Waals surface area contributed by atoms with Crippen LogP contribution in [0.25, 0.3) is 0 Å². The summed E-state index contributed by atoms with van der Waals surface area (Å²) in [5.74, 6) is 0. The topological polar surface area (TPSA) is 558 Å². The summed E-state index contributed by atoms with van der Waals surface area (Å²) in [6.45, 7) is 0. The standard InChI is InChI=1S/4BH3O3.2Na.10H2O.2H/c4*2-1(3)4;;;;;;;;;;;;;;/h4*2-4H;;;10*1H2;;/q;;;;2*+1;;;;;;;;;;;2*-1. The average Bonchev–Trinajstić information content (AvgIpc) is 1.76. The summed E-state index contributed by atoms with van der Waals surface area (Å²) in [5.41, 5.74) is 0. The molecule has 28 heteroatoms. The third kappa shape index (κ3) is 10000. The molecule has 0 aliphatic carbocycles. The molecule has 0 fully saturated rings. The van der Waals surface area contributed by atoms with Gasteiger partial charge in [0.1, 0.15) is 0 Å². The second kappa shape index (κ2) is 119. The molecule has 0 heterocycles. The molecular weight excluding hydrogens is 441 g/mol. The molecule has 180 valence electrons. The van der Waals surface area contributed by atoms with Crippen LogP contribution in [-0.2, 0) is 0 Å². The molecule has 0 aliphatic heterocycles. The predicted octanol–water partition coefficient (Wildman–Crippen LogP) is -22.2. The number of rotatable bonds is 0. The smallest absolute Gasteiger partial charge is 1.00 e. The van der Waals surface area contributed by atoms with Gasteiger partial charge in [0.05, 0.1) is 0 Å². The molecule has 0 aromatic rings. The summed E-state index contributed by atoms with van der Waals surface area (Å²) in [4.78, 5) is 0. The molecule has 0 unspecified atom stereocenters.